The summed E-state index contributed by atoms with van der Waals surface area (Å²) in [5.74, 6) is -0.000822. The van der Waals surface area contributed by atoms with E-state index in [-0.39, 0.29) is 12.4 Å². The van der Waals surface area contributed by atoms with Crippen LogP contribution in [0.1, 0.15) is 36.0 Å². The van der Waals surface area contributed by atoms with Crippen molar-refractivity contribution in [3.8, 4) is 0 Å². The Morgan fingerprint density at radius 2 is 1.96 bits per heavy atom. The Balaban J connectivity index is 1.91. The second-order valence-corrected chi connectivity index (χ2v) is 6.76. The second kappa shape index (κ2) is 9.85. The molecule has 2 N–H and O–H groups in total. The Bertz CT molecular complexity index is 522. The molecule has 0 aromatic heterocycles. The van der Waals surface area contributed by atoms with E-state index in [1.54, 1.807) is 6.08 Å². The number of likely N-dealkylation sites (tertiary alicyclic amines) is 1. The van der Waals surface area contributed by atoms with Gasteiger partial charge in [0.25, 0.3) is 0 Å². The van der Waals surface area contributed by atoms with Gasteiger partial charge in [0, 0.05) is 41.5 Å². The molecule has 0 unspecified atom stereocenters. The second-order valence-electron chi connectivity index (χ2n) is 5.84. The highest BCUT2D eigenvalue weighted by atomic mass is 79.9. The molecule has 0 radical (unpaired) electrons. The first-order chi connectivity index (χ1) is 11.2. The molecule has 1 aliphatic rings. The van der Waals surface area contributed by atoms with E-state index in [0.29, 0.717) is 18.4 Å². The molecule has 4 nitrogen and oxygen atoms in total. The van der Waals surface area contributed by atoms with Crippen LogP contribution in [0.4, 0.5) is 0 Å². The van der Waals surface area contributed by atoms with E-state index in [1.165, 1.54) is 25.9 Å². The largest absolute Gasteiger partial charge is 0.396 e. The molecule has 1 saturated heterocycles. The summed E-state index contributed by atoms with van der Waals surface area (Å²) < 4.78 is 0.960. The molecule has 0 aliphatic carbocycles. The van der Waals surface area contributed by atoms with E-state index in [4.69, 9.17) is 5.11 Å². The third-order valence-electron chi connectivity index (χ3n) is 4.02. The number of rotatable bonds is 9. The summed E-state index contributed by atoms with van der Waals surface area (Å²) in [5, 5.41) is 12.4. The van der Waals surface area contributed by atoms with Crippen molar-refractivity contribution in [1.82, 2.24) is 10.2 Å². The van der Waals surface area contributed by atoms with Crippen LogP contribution in [0.15, 0.2) is 40.5 Å². The van der Waals surface area contributed by atoms with Gasteiger partial charge in [-0.25, -0.2) is 0 Å². The Labute approximate surface area is 146 Å². The highest BCUT2D eigenvalue weighted by Crippen LogP contribution is 2.13. The molecule has 1 aromatic carbocycles. The summed E-state index contributed by atoms with van der Waals surface area (Å²) in [6, 6.07) is 7.37. The van der Waals surface area contributed by atoms with Gasteiger partial charge in [-0.1, -0.05) is 15.9 Å². The fourth-order valence-electron chi connectivity index (χ4n) is 2.72. The smallest absolute Gasteiger partial charge is 0.187 e. The molecule has 2 rings (SSSR count). The van der Waals surface area contributed by atoms with Crippen LogP contribution >= 0.6 is 15.9 Å². The van der Waals surface area contributed by atoms with Gasteiger partial charge in [-0.3, -0.25) is 4.79 Å². The minimum atomic E-state index is -0.000822. The van der Waals surface area contributed by atoms with Crippen molar-refractivity contribution in [1.29, 1.82) is 0 Å². The van der Waals surface area contributed by atoms with Crippen LogP contribution in [-0.4, -0.2) is 48.6 Å². The molecule has 126 valence electrons. The van der Waals surface area contributed by atoms with Crippen LogP contribution in [-0.2, 0) is 0 Å². The van der Waals surface area contributed by atoms with Gasteiger partial charge in [0.05, 0.1) is 0 Å². The van der Waals surface area contributed by atoms with E-state index in [2.05, 4.69) is 26.1 Å². The van der Waals surface area contributed by atoms with Crippen molar-refractivity contribution in [3.05, 3.63) is 46.1 Å². The topological polar surface area (TPSA) is 52.6 Å². The number of nitrogens with zero attached hydrogens (tertiary/aromatic N) is 1. The Morgan fingerprint density at radius 3 is 2.61 bits per heavy atom. The zero-order valence-electron chi connectivity index (χ0n) is 13.4. The average Bonchev–Trinajstić information content (AvgIpc) is 3.06. The van der Waals surface area contributed by atoms with Gasteiger partial charge >= 0.3 is 0 Å². The van der Waals surface area contributed by atoms with E-state index >= 15 is 0 Å². The first-order valence-electron chi connectivity index (χ1n) is 8.26. The minimum Gasteiger partial charge on any atom is -0.396 e. The van der Waals surface area contributed by atoms with Gasteiger partial charge < -0.3 is 15.3 Å². The van der Waals surface area contributed by atoms with E-state index in [0.717, 1.165) is 23.3 Å². The van der Waals surface area contributed by atoms with Crippen molar-refractivity contribution < 1.29 is 9.90 Å². The Kier molecular flexibility index (Phi) is 7.79. The van der Waals surface area contributed by atoms with Crippen LogP contribution in [0.5, 0.6) is 0 Å². The lowest BCUT2D eigenvalue weighted by atomic mass is 10.1. The van der Waals surface area contributed by atoms with E-state index in [9.17, 15) is 4.79 Å². The number of aliphatic hydroxyl groups excluding tert-OH is 1. The summed E-state index contributed by atoms with van der Waals surface area (Å²) in [6.07, 6.45) is 5.60. The third kappa shape index (κ3) is 6.45. The summed E-state index contributed by atoms with van der Waals surface area (Å²) in [4.78, 5) is 14.8. The summed E-state index contributed by atoms with van der Waals surface area (Å²) in [7, 11) is 0. The van der Waals surface area contributed by atoms with Crippen molar-refractivity contribution in [3.63, 3.8) is 0 Å². The molecule has 0 amide bonds. The lowest BCUT2D eigenvalue weighted by Gasteiger charge is -2.17. The highest BCUT2D eigenvalue weighted by molar-refractivity contribution is 9.10. The fourth-order valence-corrected chi connectivity index (χ4v) is 2.98. The van der Waals surface area contributed by atoms with Crippen LogP contribution in [0, 0.1) is 0 Å². The molecule has 1 fully saturated rings. The van der Waals surface area contributed by atoms with Crippen molar-refractivity contribution in [2.45, 2.75) is 25.7 Å². The fraction of sp³-hybridized carbons (Fsp3) is 0.500. The Hall–Kier alpha value is -1.17. The number of aliphatic hydroxyl groups is 1. The van der Waals surface area contributed by atoms with Gasteiger partial charge in [0.1, 0.15) is 0 Å². The van der Waals surface area contributed by atoms with E-state index in [1.807, 2.05) is 24.3 Å². The number of hydrogen-bond acceptors (Lipinski definition) is 4. The van der Waals surface area contributed by atoms with Gasteiger partial charge in [0.15, 0.2) is 5.78 Å². The van der Waals surface area contributed by atoms with Crippen molar-refractivity contribution in [2.24, 2.45) is 0 Å². The van der Waals surface area contributed by atoms with Gasteiger partial charge in [-0.2, -0.15) is 0 Å². The lowest BCUT2D eigenvalue weighted by molar-refractivity contribution is 0.104. The normalized spacial score (nSPS) is 15.8. The monoisotopic (exact) mass is 380 g/mol. The number of nitrogens with one attached hydrogen (secondary N) is 1. The van der Waals surface area contributed by atoms with Crippen molar-refractivity contribution >= 4 is 21.7 Å². The third-order valence-corrected chi connectivity index (χ3v) is 4.55. The number of carbonyl (C=O) groups excluding carboxylic acids is 1. The maximum absolute atomic E-state index is 12.3. The maximum atomic E-state index is 12.3. The number of carbonyl (C=O) groups is 1. The molecular weight excluding hydrogens is 356 g/mol. The molecule has 1 aromatic rings. The number of ketones is 1. The molecule has 0 atom stereocenters. The van der Waals surface area contributed by atoms with E-state index < -0.39 is 0 Å². The molecular formula is C18H25BrN2O2. The average molecular weight is 381 g/mol. The van der Waals surface area contributed by atoms with Crippen LogP contribution < -0.4 is 5.32 Å². The standard InChI is InChI=1S/C18H25BrN2O2/c19-16-7-5-15(6-8-16)18(23)14-17(4-3-13-22)20-9-12-21-10-1-2-11-21/h5-8,14,20,22H,1-4,9-13H2/b17-14+. The molecule has 0 saturated carbocycles. The molecule has 0 spiro atoms. The van der Waals surface area contributed by atoms with Crippen LogP contribution in [0.25, 0.3) is 0 Å². The molecule has 5 heteroatoms. The predicted molar refractivity (Wildman–Crippen MR) is 96.6 cm³/mol. The predicted octanol–water partition coefficient (Wildman–Crippen LogP) is 2.97. The number of benzene rings is 1. The quantitative estimate of drug-likeness (QED) is 0.510. The summed E-state index contributed by atoms with van der Waals surface area (Å²) >= 11 is 3.37. The number of halogens is 1. The maximum Gasteiger partial charge on any atom is 0.187 e. The van der Waals surface area contributed by atoms with Crippen molar-refractivity contribution in [2.75, 3.05) is 32.8 Å². The van der Waals surface area contributed by atoms with Gasteiger partial charge in [-0.15, -0.1) is 0 Å². The van der Waals surface area contributed by atoms with Crippen LogP contribution in [0.3, 0.4) is 0 Å². The van der Waals surface area contributed by atoms with Crippen LogP contribution in [0.2, 0.25) is 0 Å². The molecule has 1 heterocycles. The molecule has 23 heavy (non-hydrogen) atoms. The number of allylic oxidation sites excluding steroid dienone is 2. The highest BCUT2D eigenvalue weighted by Gasteiger charge is 2.11. The molecule has 1 aliphatic heterocycles. The zero-order valence-corrected chi connectivity index (χ0v) is 15.0. The first-order valence-corrected chi connectivity index (χ1v) is 9.06. The van der Waals surface area contributed by atoms with Gasteiger partial charge in [0.2, 0.25) is 0 Å². The Morgan fingerprint density at radius 1 is 1.26 bits per heavy atom. The SMILES string of the molecule is O=C(/C=C(\CCCO)NCCN1CCCC1)c1ccc(Br)cc1. The number of hydrogen-bond donors (Lipinski definition) is 2. The lowest BCUT2D eigenvalue weighted by Crippen LogP contribution is -2.30. The molecule has 0 bridgehead atoms. The zero-order chi connectivity index (χ0) is 16.5. The summed E-state index contributed by atoms with van der Waals surface area (Å²) in [6.45, 7) is 4.33. The summed E-state index contributed by atoms with van der Waals surface area (Å²) in [5.41, 5.74) is 1.59. The first kappa shape index (κ1) is 18.2. The van der Waals surface area contributed by atoms with Gasteiger partial charge in [-0.05, 0) is 63.0 Å². The minimum absolute atomic E-state index is 0.000822.